The van der Waals surface area contributed by atoms with Crippen molar-refractivity contribution in [2.75, 3.05) is 5.32 Å². The van der Waals surface area contributed by atoms with E-state index in [1.807, 2.05) is 0 Å². The Labute approximate surface area is 115 Å². The topological polar surface area (TPSA) is 91.3 Å². The van der Waals surface area contributed by atoms with E-state index in [1.165, 1.54) is 0 Å². The van der Waals surface area contributed by atoms with Crippen LogP contribution in [0, 0.1) is 0 Å². The van der Waals surface area contributed by atoms with E-state index in [1.54, 1.807) is 48.8 Å². The molecule has 0 aliphatic heterocycles. The number of carbonyl (C=O) groups excluding carboxylic acids is 1. The van der Waals surface area contributed by atoms with Crippen LogP contribution in [0.4, 0.5) is 10.5 Å². The van der Waals surface area contributed by atoms with Crippen LogP contribution in [0.25, 0.3) is 0 Å². The van der Waals surface area contributed by atoms with Gasteiger partial charge < -0.3 is 15.7 Å². The van der Waals surface area contributed by atoms with Gasteiger partial charge in [-0.3, -0.25) is 9.78 Å². The second kappa shape index (κ2) is 6.33. The molecule has 6 nitrogen and oxygen atoms in total. The van der Waals surface area contributed by atoms with E-state index in [2.05, 4.69) is 15.6 Å². The van der Waals surface area contributed by atoms with Gasteiger partial charge in [0.25, 0.3) is 5.91 Å². The van der Waals surface area contributed by atoms with Gasteiger partial charge in [0, 0.05) is 18.3 Å². The SMILES string of the molecule is O=C(O)NCc1ccc(C(=O)Nc2cccnc2)cc1. The molecule has 1 aromatic carbocycles. The van der Waals surface area contributed by atoms with E-state index in [0.717, 1.165) is 5.56 Å². The van der Waals surface area contributed by atoms with Gasteiger partial charge in [-0.25, -0.2) is 4.79 Å². The van der Waals surface area contributed by atoms with Gasteiger partial charge in [0.05, 0.1) is 11.9 Å². The van der Waals surface area contributed by atoms with Gasteiger partial charge in [0.2, 0.25) is 0 Å². The second-order valence-electron chi connectivity index (χ2n) is 4.05. The standard InChI is InChI=1S/C14H13N3O3/c18-13(17-12-2-1-7-15-9-12)11-5-3-10(4-6-11)8-16-14(19)20/h1-7,9,16H,8H2,(H,17,18)(H,19,20). The minimum Gasteiger partial charge on any atom is -0.465 e. The molecule has 2 aromatic rings. The number of hydrogen-bond donors (Lipinski definition) is 3. The van der Waals surface area contributed by atoms with Crippen LogP contribution >= 0.6 is 0 Å². The maximum Gasteiger partial charge on any atom is 0.404 e. The zero-order valence-electron chi connectivity index (χ0n) is 10.5. The van der Waals surface area contributed by atoms with Crippen LogP contribution in [0.15, 0.2) is 48.8 Å². The molecule has 0 aliphatic rings. The third-order valence-electron chi connectivity index (χ3n) is 2.58. The molecule has 0 unspecified atom stereocenters. The van der Waals surface area contributed by atoms with Crippen LogP contribution in [0.1, 0.15) is 15.9 Å². The molecule has 0 bridgehead atoms. The number of aromatic nitrogens is 1. The van der Waals surface area contributed by atoms with Crippen molar-refractivity contribution in [1.82, 2.24) is 10.3 Å². The predicted molar refractivity (Wildman–Crippen MR) is 73.5 cm³/mol. The quantitative estimate of drug-likeness (QED) is 0.794. The molecule has 2 amide bonds. The summed E-state index contributed by atoms with van der Waals surface area (Å²) in [6, 6.07) is 10.2. The highest BCUT2D eigenvalue weighted by Gasteiger charge is 2.06. The van der Waals surface area contributed by atoms with Crippen LogP contribution < -0.4 is 10.6 Å². The summed E-state index contributed by atoms with van der Waals surface area (Å²) in [5.41, 5.74) is 1.90. The highest BCUT2D eigenvalue weighted by molar-refractivity contribution is 6.04. The molecule has 1 aromatic heterocycles. The summed E-state index contributed by atoms with van der Waals surface area (Å²) in [5, 5.41) is 13.5. The summed E-state index contributed by atoms with van der Waals surface area (Å²) < 4.78 is 0. The number of nitrogens with zero attached hydrogens (tertiary/aromatic N) is 1. The molecule has 0 aliphatic carbocycles. The summed E-state index contributed by atoms with van der Waals surface area (Å²) in [4.78, 5) is 26.2. The first-order valence-corrected chi connectivity index (χ1v) is 5.92. The van der Waals surface area contributed by atoms with Crippen molar-refractivity contribution in [3.63, 3.8) is 0 Å². The first-order valence-electron chi connectivity index (χ1n) is 5.92. The Balaban J connectivity index is 1.99. The molecule has 0 spiro atoms. The fourth-order valence-electron chi connectivity index (χ4n) is 1.59. The number of anilines is 1. The largest absolute Gasteiger partial charge is 0.465 e. The Hall–Kier alpha value is -2.89. The van der Waals surface area contributed by atoms with Crippen molar-refractivity contribution in [3.05, 3.63) is 59.9 Å². The zero-order valence-corrected chi connectivity index (χ0v) is 10.5. The summed E-state index contributed by atoms with van der Waals surface area (Å²) >= 11 is 0. The molecule has 1 heterocycles. The molecule has 0 saturated heterocycles. The van der Waals surface area contributed by atoms with Crippen molar-refractivity contribution in [1.29, 1.82) is 0 Å². The first kappa shape index (κ1) is 13.5. The van der Waals surface area contributed by atoms with Gasteiger partial charge in [-0.2, -0.15) is 0 Å². The number of pyridine rings is 1. The number of nitrogens with one attached hydrogen (secondary N) is 2. The lowest BCUT2D eigenvalue weighted by Crippen LogP contribution is -2.20. The van der Waals surface area contributed by atoms with Crippen LogP contribution in [0.3, 0.4) is 0 Å². The monoisotopic (exact) mass is 271 g/mol. The third-order valence-corrected chi connectivity index (χ3v) is 2.58. The van der Waals surface area contributed by atoms with Gasteiger partial charge in [-0.05, 0) is 29.8 Å². The molecule has 0 fully saturated rings. The minimum atomic E-state index is -1.08. The van der Waals surface area contributed by atoms with E-state index in [0.29, 0.717) is 11.3 Å². The summed E-state index contributed by atoms with van der Waals surface area (Å²) in [6.45, 7) is 0.208. The summed E-state index contributed by atoms with van der Waals surface area (Å²) in [5.74, 6) is -0.240. The van der Waals surface area contributed by atoms with Crippen molar-refractivity contribution >= 4 is 17.7 Å². The Bertz CT molecular complexity index is 597. The van der Waals surface area contributed by atoms with E-state index in [9.17, 15) is 9.59 Å². The molecule has 102 valence electrons. The number of hydrogen-bond acceptors (Lipinski definition) is 3. The van der Waals surface area contributed by atoms with Crippen molar-refractivity contribution < 1.29 is 14.7 Å². The maximum absolute atomic E-state index is 11.9. The Kier molecular flexibility index (Phi) is 4.28. The van der Waals surface area contributed by atoms with E-state index < -0.39 is 6.09 Å². The molecule has 0 saturated carbocycles. The van der Waals surface area contributed by atoms with Crippen LogP contribution in [0.2, 0.25) is 0 Å². The van der Waals surface area contributed by atoms with E-state index in [4.69, 9.17) is 5.11 Å². The molecule has 2 rings (SSSR count). The lowest BCUT2D eigenvalue weighted by Gasteiger charge is -2.06. The van der Waals surface area contributed by atoms with Gasteiger partial charge in [0.1, 0.15) is 0 Å². The number of amides is 2. The second-order valence-corrected chi connectivity index (χ2v) is 4.05. The number of carbonyl (C=O) groups is 2. The van der Waals surface area contributed by atoms with E-state index in [-0.39, 0.29) is 12.5 Å². The Morgan fingerprint density at radius 2 is 1.90 bits per heavy atom. The zero-order chi connectivity index (χ0) is 14.4. The summed E-state index contributed by atoms with van der Waals surface area (Å²) in [7, 11) is 0. The van der Waals surface area contributed by atoms with Crippen molar-refractivity contribution in [2.24, 2.45) is 0 Å². The van der Waals surface area contributed by atoms with Gasteiger partial charge in [-0.15, -0.1) is 0 Å². The molecule has 6 heteroatoms. The number of carboxylic acid groups (broad SMARTS) is 1. The van der Waals surface area contributed by atoms with Crippen LogP contribution in [-0.2, 0) is 6.54 Å². The first-order chi connectivity index (χ1) is 9.65. The molecule has 3 N–H and O–H groups in total. The van der Waals surface area contributed by atoms with E-state index >= 15 is 0 Å². The Morgan fingerprint density at radius 3 is 2.50 bits per heavy atom. The summed E-state index contributed by atoms with van der Waals surface area (Å²) in [6.07, 6.45) is 2.10. The Morgan fingerprint density at radius 1 is 1.15 bits per heavy atom. The van der Waals surface area contributed by atoms with Crippen molar-refractivity contribution in [3.8, 4) is 0 Å². The highest BCUT2D eigenvalue weighted by Crippen LogP contribution is 2.09. The molecular formula is C14H13N3O3. The molecule has 20 heavy (non-hydrogen) atoms. The lowest BCUT2D eigenvalue weighted by molar-refractivity contribution is 0.102. The molecule has 0 radical (unpaired) electrons. The van der Waals surface area contributed by atoms with Crippen molar-refractivity contribution in [2.45, 2.75) is 6.54 Å². The van der Waals surface area contributed by atoms with Gasteiger partial charge >= 0.3 is 6.09 Å². The third kappa shape index (κ3) is 3.81. The highest BCUT2D eigenvalue weighted by atomic mass is 16.4. The fourth-order valence-corrected chi connectivity index (χ4v) is 1.59. The van der Waals surface area contributed by atoms with Crippen LogP contribution in [0.5, 0.6) is 0 Å². The van der Waals surface area contributed by atoms with Crippen LogP contribution in [-0.4, -0.2) is 22.1 Å². The molecular weight excluding hydrogens is 258 g/mol. The fraction of sp³-hybridized carbons (Fsp3) is 0.0714. The number of rotatable bonds is 4. The molecule has 0 atom stereocenters. The predicted octanol–water partition coefficient (Wildman–Crippen LogP) is 2.10. The average molecular weight is 271 g/mol. The normalized spacial score (nSPS) is 9.80. The minimum absolute atomic E-state index is 0.208. The average Bonchev–Trinajstić information content (AvgIpc) is 2.46. The smallest absolute Gasteiger partial charge is 0.404 e. The number of benzene rings is 1. The van der Waals surface area contributed by atoms with Gasteiger partial charge in [-0.1, -0.05) is 12.1 Å². The lowest BCUT2D eigenvalue weighted by atomic mass is 10.1. The van der Waals surface area contributed by atoms with Gasteiger partial charge in [0.15, 0.2) is 0 Å². The maximum atomic E-state index is 11.9.